The quantitative estimate of drug-likeness (QED) is 0.492. The van der Waals surface area contributed by atoms with Crippen LogP contribution >= 0.6 is 0 Å². The molecule has 2 aromatic heterocycles. The Labute approximate surface area is 180 Å². The Bertz CT molecular complexity index is 963. The van der Waals surface area contributed by atoms with E-state index in [-0.39, 0.29) is 17.7 Å². The zero-order valence-electron chi connectivity index (χ0n) is 17.5. The van der Waals surface area contributed by atoms with Crippen molar-refractivity contribution in [2.24, 2.45) is 5.92 Å². The van der Waals surface area contributed by atoms with Gasteiger partial charge in [0.15, 0.2) is 5.76 Å². The number of nitrogens with zero attached hydrogens (tertiary/aromatic N) is 3. The summed E-state index contributed by atoms with van der Waals surface area (Å²) in [7, 11) is 0. The summed E-state index contributed by atoms with van der Waals surface area (Å²) >= 11 is 0. The highest BCUT2D eigenvalue weighted by molar-refractivity contribution is 5.70. The third-order valence-electron chi connectivity index (χ3n) is 5.75. The third-order valence-corrected chi connectivity index (χ3v) is 5.75. The molecule has 3 heterocycles. The first-order valence-electron chi connectivity index (χ1n) is 10.6. The Hall–Kier alpha value is -3.00. The number of aromatic nitrogens is 2. The number of esters is 1. The highest BCUT2D eigenvalue weighted by atomic mass is 19.1. The maximum atomic E-state index is 13.4. The van der Waals surface area contributed by atoms with E-state index in [4.69, 9.17) is 13.6 Å². The van der Waals surface area contributed by atoms with E-state index < -0.39 is 0 Å². The topological polar surface area (TPSA) is 81.6 Å². The van der Waals surface area contributed by atoms with Crippen LogP contribution in [-0.4, -0.2) is 40.8 Å². The minimum atomic E-state index is -0.276. The van der Waals surface area contributed by atoms with Gasteiger partial charge in [-0.2, -0.15) is 0 Å². The largest absolute Gasteiger partial charge is 0.466 e. The van der Waals surface area contributed by atoms with Crippen LogP contribution in [0.15, 0.2) is 51.5 Å². The van der Waals surface area contributed by atoms with Crippen LogP contribution in [-0.2, 0) is 16.1 Å². The summed E-state index contributed by atoms with van der Waals surface area (Å²) in [4.78, 5) is 14.5. The summed E-state index contributed by atoms with van der Waals surface area (Å²) in [6.07, 6.45) is 3.71. The van der Waals surface area contributed by atoms with E-state index in [1.54, 1.807) is 37.5 Å². The standard InChI is InChI=1S/C23H26FN3O4/c1-2-29-22(28)14-19(16-5-7-18(24)8-6-16)17-9-11-27(12-10-17)15-21-25-26-23(31-21)20-4-3-13-30-20/h3-8,13,17,19H,2,9-12,14-15H2,1H3. The van der Waals surface area contributed by atoms with Gasteiger partial charge in [-0.3, -0.25) is 9.69 Å². The molecule has 164 valence electrons. The number of carbonyl (C=O) groups is 1. The summed E-state index contributed by atoms with van der Waals surface area (Å²) in [6, 6.07) is 10.0. The van der Waals surface area contributed by atoms with Gasteiger partial charge in [-0.15, -0.1) is 10.2 Å². The number of carbonyl (C=O) groups excluding carboxylic acids is 1. The van der Waals surface area contributed by atoms with E-state index in [2.05, 4.69) is 15.1 Å². The van der Waals surface area contributed by atoms with E-state index in [1.807, 2.05) is 0 Å². The second kappa shape index (κ2) is 9.87. The van der Waals surface area contributed by atoms with Gasteiger partial charge in [0.1, 0.15) is 5.82 Å². The van der Waals surface area contributed by atoms with Gasteiger partial charge in [0.05, 0.1) is 25.8 Å². The van der Waals surface area contributed by atoms with Crippen LogP contribution in [0.4, 0.5) is 4.39 Å². The lowest BCUT2D eigenvalue weighted by Gasteiger charge is -2.35. The zero-order chi connectivity index (χ0) is 21.6. The fourth-order valence-electron chi connectivity index (χ4n) is 4.19. The predicted octanol–water partition coefficient (Wildman–Crippen LogP) is 4.42. The summed E-state index contributed by atoms with van der Waals surface area (Å²) < 4.78 is 29.6. The van der Waals surface area contributed by atoms with Crippen LogP contribution < -0.4 is 0 Å². The van der Waals surface area contributed by atoms with Crippen molar-refractivity contribution in [3.8, 4) is 11.7 Å². The van der Waals surface area contributed by atoms with Gasteiger partial charge in [-0.05, 0) is 74.5 Å². The number of benzene rings is 1. The number of halogens is 1. The molecule has 1 aromatic carbocycles. The summed E-state index contributed by atoms with van der Waals surface area (Å²) in [6.45, 7) is 4.43. The highest BCUT2D eigenvalue weighted by Crippen LogP contribution is 2.36. The maximum Gasteiger partial charge on any atom is 0.306 e. The van der Waals surface area contributed by atoms with Crippen LogP contribution in [0.1, 0.15) is 43.6 Å². The van der Waals surface area contributed by atoms with Crippen LogP contribution in [0.25, 0.3) is 11.7 Å². The Morgan fingerprint density at radius 2 is 2.00 bits per heavy atom. The first-order valence-corrected chi connectivity index (χ1v) is 10.6. The molecule has 0 amide bonds. The number of piperidine rings is 1. The van der Waals surface area contributed by atoms with E-state index in [0.717, 1.165) is 31.5 Å². The number of likely N-dealkylation sites (tertiary alicyclic amines) is 1. The van der Waals surface area contributed by atoms with Gasteiger partial charge >= 0.3 is 5.97 Å². The van der Waals surface area contributed by atoms with Crippen molar-refractivity contribution in [2.75, 3.05) is 19.7 Å². The van der Waals surface area contributed by atoms with E-state index in [9.17, 15) is 9.18 Å². The first kappa shape index (κ1) is 21.2. The molecular weight excluding hydrogens is 401 g/mol. The third kappa shape index (κ3) is 5.38. The maximum absolute atomic E-state index is 13.4. The molecule has 0 aliphatic carbocycles. The van der Waals surface area contributed by atoms with Crippen molar-refractivity contribution in [2.45, 2.75) is 38.6 Å². The lowest BCUT2D eigenvalue weighted by molar-refractivity contribution is -0.144. The molecule has 8 heteroatoms. The Morgan fingerprint density at radius 3 is 2.68 bits per heavy atom. The molecule has 1 saturated heterocycles. The monoisotopic (exact) mass is 427 g/mol. The van der Waals surface area contributed by atoms with E-state index in [0.29, 0.717) is 43.0 Å². The molecule has 1 unspecified atom stereocenters. The average molecular weight is 427 g/mol. The average Bonchev–Trinajstić information content (AvgIpc) is 3.46. The van der Waals surface area contributed by atoms with Crippen molar-refractivity contribution < 1.29 is 22.8 Å². The number of furan rings is 1. The Kier molecular flexibility index (Phi) is 6.76. The van der Waals surface area contributed by atoms with Crippen molar-refractivity contribution in [3.05, 3.63) is 59.9 Å². The molecular formula is C23H26FN3O4. The van der Waals surface area contributed by atoms with Crippen LogP contribution in [0.5, 0.6) is 0 Å². The van der Waals surface area contributed by atoms with Crippen LogP contribution in [0.3, 0.4) is 0 Å². The minimum absolute atomic E-state index is 0.00996. The fourth-order valence-corrected chi connectivity index (χ4v) is 4.19. The Balaban J connectivity index is 1.37. The molecule has 0 spiro atoms. The number of rotatable bonds is 8. The molecule has 3 aromatic rings. The summed E-state index contributed by atoms with van der Waals surface area (Å²) in [5.74, 6) is 1.31. The van der Waals surface area contributed by atoms with E-state index >= 15 is 0 Å². The number of hydrogen-bond donors (Lipinski definition) is 0. The lowest BCUT2D eigenvalue weighted by Crippen LogP contribution is -2.35. The Morgan fingerprint density at radius 1 is 1.23 bits per heavy atom. The smallest absolute Gasteiger partial charge is 0.306 e. The first-order chi connectivity index (χ1) is 15.1. The second-order valence-electron chi connectivity index (χ2n) is 7.76. The van der Waals surface area contributed by atoms with Gasteiger partial charge in [-0.25, -0.2) is 4.39 Å². The highest BCUT2D eigenvalue weighted by Gasteiger charge is 2.30. The molecule has 0 radical (unpaired) electrons. The van der Waals surface area contributed by atoms with Crippen molar-refractivity contribution in [3.63, 3.8) is 0 Å². The van der Waals surface area contributed by atoms with Crippen molar-refractivity contribution in [1.82, 2.24) is 15.1 Å². The molecule has 31 heavy (non-hydrogen) atoms. The van der Waals surface area contributed by atoms with Gasteiger partial charge in [0.25, 0.3) is 5.89 Å². The number of hydrogen-bond acceptors (Lipinski definition) is 7. The molecule has 7 nitrogen and oxygen atoms in total. The molecule has 1 aliphatic rings. The predicted molar refractivity (Wildman–Crippen MR) is 110 cm³/mol. The van der Waals surface area contributed by atoms with Gasteiger partial charge in [0, 0.05) is 0 Å². The lowest BCUT2D eigenvalue weighted by atomic mass is 9.78. The van der Waals surface area contributed by atoms with Gasteiger partial charge in [0.2, 0.25) is 5.89 Å². The molecule has 1 fully saturated rings. The number of ether oxygens (including phenoxy) is 1. The van der Waals surface area contributed by atoms with Crippen molar-refractivity contribution >= 4 is 5.97 Å². The SMILES string of the molecule is CCOC(=O)CC(c1ccc(F)cc1)C1CCN(Cc2nnc(-c3ccco3)o2)CC1. The second-order valence-corrected chi connectivity index (χ2v) is 7.76. The molecule has 1 aliphatic heterocycles. The normalized spacial score (nSPS) is 16.3. The van der Waals surface area contributed by atoms with Gasteiger partial charge in [-0.1, -0.05) is 12.1 Å². The molecule has 0 N–H and O–H groups in total. The van der Waals surface area contributed by atoms with E-state index in [1.165, 1.54) is 12.1 Å². The van der Waals surface area contributed by atoms with Crippen molar-refractivity contribution in [1.29, 1.82) is 0 Å². The summed E-state index contributed by atoms with van der Waals surface area (Å²) in [5.41, 5.74) is 0.980. The minimum Gasteiger partial charge on any atom is -0.466 e. The molecule has 4 rings (SSSR count). The molecule has 0 saturated carbocycles. The zero-order valence-corrected chi connectivity index (χ0v) is 17.5. The fraction of sp³-hybridized carbons (Fsp3) is 0.435. The molecule has 1 atom stereocenters. The van der Waals surface area contributed by atoms with Gasteiger partial charge < -0.3 is 13.6 Å². The van der Waals surface area contributed by atoms with Crippen LogP contribution in [0, 0.1) is 11.7 Å². The molecule has 0 bridgehead atoms. The summed E-state index contributed by atoms with van der Waals surface area (Å²) in [5, 5.41) is 8.17. The van der Waals surface area contributed by atoms with Crippen LogP contribution in [0.2, 0.25) is 0 Å².